The minimum Gasteiger partial charge on any atom is -0.456 e. The zero-order chi connectivity index (χ0) is 35.8. The summed E-state index contributed by atoms with van der Waals surface area (Å²) in [5.74, 6) is 0.875. The van der Waals surface area contributed by atoms with Crippen LogP contribution in [0.5, 0.6) is 0 Å². The molecule has 2 heteroatoms. The third-order valence-corrected chi connectivity index (χ3v) is 10.4. The second-order valence-electron chi connectivity index (χ2n) is 13.8. The topological polar surface area (TPSA) is 16.4 Å². The van der Waals surface area contributed by atoms with E-state index >= 15 is 0 Å². The van der Waals surface area contributed by atoms with Gasteiger partial charge in [0.1, 0.15) is 11.3 Å². The summed E-state index contributed by atoms with van der Waals surface area (Å²) in [6, 6.07) is 75.9. The molecule has 0 radical (unpaired) electrons. The highest BCUT2D eigenvalue weighted by Crippen LogP contribution is 2.40. The Morgan fingerprint density at radius 2 is 0.778 bits per heavy atom. The van der Waals surface area contributed by atoms with Crippen LogP contribution in [0, 0.1) is 0 Å². The lowest BCUT2D eigenvalue weighted by Gasteiger charge is -2.26. The number of fused-ring (bicyclic) bond motifs is 4. The fraction of sp³-hybridized carbons (Fsp3) is 0. The van der Waals surface area contributed by atoms with Gasteiger partial charge in [0.05, 0.1) is 0 Å². The molecule has 0 aliphatic carbocycles. The normalized spacial score (nSPS) is 11.3. The Hall–Kier alpha value is -7.16. The summed E-state index contributed by atoms with van der Waals surface area (Å²) in [7, 11) is 0. The summed E-state index contributed by atoms with van der Waals surface area (Å²) in [5.41, 5.74) is 12.4. The Morgan fingerprint density at radius 1 is 0.278 bits per heavy atom. The van der Waals surface area contributed by atoms with Crippen LogP contribution in [0.25, 0.3) is 77.2 Å². The van der Waals surface area contributed by atoms with E-state index < -0.39 is 0 Å². The van der Waals surface area contributed by atoms with Crippen molar-refractivity contribution in [1.82, 2.24) is 0 Å². The standard InChI is InChI=1S/C52H35NO/c1-2-10-36(11-3-1)40-14-8-15-41(32-40)37-22-26-46(27-23-37)53(48-30-31-50-43(34-48)21-20-39-12-4-6-18-49(39)50)47-28-24-38(25-29-47)42-16-9-17-44(33-42)52-35-45-13-5-7-19-51(45)54-52/h1-35H. The van der Waals surface area contributed by atoms with Gasteiger partial charge in [-0.3, -0.25) is 0 Å². The lowest BCUT2D eigenvalue weighted by atomic mass is 9.98. The van der Waals surface area contributed by atoms with Crippen LogP contribution < -0.4 is 4.90 Å². The van der Waals surface area contributed by atoms with Crippen molar-refractivity contribution in [3.63, 3.8) is 0 Å². The Balaban J connectivity index is 1.03. The predicted octanol–water partition coefficient (Wildman–Crippen LogP) is 14.9. The highest BCUT2D eigenvalue weighted by Gasteiger charge is 2.15. The maximum Gasteiger partial charge on any atom is 0.135 e. The van der Waals surface area contributed by atoms with E-state index in [1.165, 1.54) is 43.8 Å². The minimum absolute atomic E-state index is 0.875. The molecule has 2 nitrogen and oxygen atoms in total. The van der Waals surface area contributed by atoms with Crippen molar-refractivity contribution < 1.29 is 4.42 Å². The van der Waals surface area contributed by atoms with Crippen LogP contribution in [0.2, 0.25) is 0 Å². The van der Waals surface area contributed by atoms with Crippen molar-refractivity contribution in [2.45, 2.75) is 0 Å². The molecule has 0 aliphatic heterocycles. The average molecular weight is 690 g/mol. The van der Waals surface area contributed by atoms with Crippen LogP contribution in [0.1, 0.15) is 0 Å². The molecular weight excluding hydrogens is 655 g/mol. The number of benzene rings is 9. The van der Waals surface area contributed by atoms with Gasteiger partial charge in [0, 0.05) is 28.0 Å². The summed E-state index contributed by atoms with van der Waals surface area (Å²) in [6.07, 6.45) is 0. The summed E-state index contributed by atoms with van der Waals surface area (Å²) in [5, 5.41) is 6.10. The van der Waals surface area contributed by atoms with Crippen molar-refractivity contribution in [2.75, 3.05) is 4.90 Å². The summed E-state index contributed by atoms with van der Waals surface area (Å²) < 4.78 is 6.20. The molecule has 0 amide bonds. The van der Waals surface area contributed by atoms with E-state index in [1.54, 1.807) is 0 Å². The molecule has 0 aliphatic rings. The molecule has 0 atom stereocenters. The number of hydrogen-bond donors (Lipinski definition) is 0. The highest BCUT2D eigenvalue weighted by molar-refractivity contribution is 6.08. The molecule has 1 heterocycles. The molecule has 0 saturated heterocycles. The first kappa shape index (κ1) is 31.6. The molecule has 0 spiro atoms. The molecule has 0 fully saturated rings. The van der Waals surface area contributed by atoms with Gasteiger partial charge in [0.25, 0.3) is 0 Å². The zero-order valence-corrected chi connectivity index (χ0v) is 29.6. The molecular formula is C52H35NO. The van der Waals surface area contributed by atoms with E-state index in [0.717, 1.165) is 50.5 Å². The van der Waals surface area contributed by atoms with Crippen LogP contribution in [-0.2, 0) is 0 Å². The van der Waals surface area contributed by atoms with E-state index in [9.17, 15) is 0 Å². The molecule has 254 valence electrons. The number of para-hydroxylation sites is 1. The average Bonchev–Trinajstić information content (AvgIpc) is 3.69. The molecule has 9 aromatic carbocycles. The molecule has 0 bridgehead atoms. The van der Waals surface area contributed by atoms with E-state index in [0.29, 0.717) is 0 Å². The first-order valence-electron chi connectivity index (χ1n) is 18.4. The fourth-order valence-corrected chi connectivity index (χ4v) is 7.68. The lowest BCUT2D eigenvalue weighted by molar-refractivity contribution is 0.631. The van der Waals surface area contributed by atoms with E-state index in [1.807, 2.05) is 18.2 Å². The number of anilines is 3. The van der Waals surface area contributed by atoms with Crippen molar-refractivity contribution in [1.29, 1.82) is 0 Å². The molecule has 10 rings (SSSR count). The zero-order valence-electron chi connectivity index (χ0n) is 29.6. The SMILES string of the molecule is c1ccc(-c2cccc(-c3ccc(N(c4ccc(-c5cccc(-c6cc7ccccc7o6)c5)cc4)c4ccc5c(ccc6ccccc65)c4)cc3)c2)cc1. The van der Waals surface area contributed by atoms with E-state index in [-0.39, 0.29) is 0 Å². The van der Waals surface area contributed by atoms with Gasteiger partial charge in [0.15, 0.2) is 0 Å². The van der Waals surface area contributed by atoms with Crippen LogP contribution in [0.3, 0.4) is 0 Å². The Kier molecular flexibility index (Phi) is 7.85. The van der Waals surface area contributed by atoms with Crippen molar-refractivity contribution >= 4 is 49.6 Å². The molecule has 0 saturated carbocycles. The van der Waals surface area contributed by atoms with Crippen molar-refractivity contribution in [3.05, 3.63) is 212 Å². The van der Waals surface area contributed by atoms with Crippen LogP contribution >= 0.6 is 0 Å². The number of rotatable bonds is 7. The highest BCUT2D eigenvalue weighted by atomic mass is 16.3. The minimum atomic E-state index is 0.875. The monoisotopic (exact) mass is 689 g/mol. The Bertz CT molecular complexity index is 2890. The molecule has 10 aromatic rings. The quantitative estimate of drug-likeness (QED) is 0.155. The van der Waals surface area contributed by atoms with Gasteiger partial charge in [-0.05, 0) is 116 Å². The summed E-state index contributed by atoms with van der Waals surface area (Å²) in [4.78, 5) is 2.35. The predicted molar refractivity (Wildman–Crippen MR) is 228 cm³/mol. The van der Waals surface area contributed by atoms with E-state index in [2.05, 4.69) is 199 Å². The van der Waals surface area contributed by atoms with Gasteiger partial charge in [-0.25, -0.2) is 0 Å². The first-order chi connectivity index (χ1) is 26.7. The van der Waals surface area contributed by atoms with Crippen molar-refractivity contribution in [2.24, 2.45) is 0 Å². The maximum absolute atomic E-state index is 6.20. The number of hydrogen-bond acceptors (Lipinski definition) is 2. The van der Waals surface area contributed by atoms with Crippen LogP contribution in [0.15, 0.2) is 217 Å². The molecule has 0 N–H and O–H groups in total. The second-order valence-corrected chi connectivity index (χ2v) is 13.8. The van der Waals surface area contributed by atoms with Gasteiger partial charge in [-0.15, -0.1) is 0 Å². The fourth-order valence-electron chi connectivity index (χ4n) is 7.68. The van der Waals surface area contributed by atoms with Gasteiger partial charge in [-0.1, -0.05) is 152 Å². The number of nitrogens with zero attached hydrogens (tertiary/aromatic N) is 1. The Morgan fingerprint density at radius 3 is 1.46 bits per heavy atom. The first-order valence-corrected chi connectivity index (χ1v) is 18.4. The third-order valence-electron chi connectivity index (χ3n) is 10.4. The van der Waals surface area contributed by atoms with Gasteiger partial charge >= 0.3 is 0 Å². The van der Waals surface area contributed by atoms with Crippen LogP contribution in [0.4, 0.5) is 17.1 Å². The second kappa shape index (κ2) is 13.4. The van der Waals surface area contributed by atoms with Crippen LogP contribution in [-0.4, -0.2) is 0 Å². The van der Waals surface area contributed by atoms with Gasteiger partial charge < -0.3 is 9.32 Å². The van der Waals surface area contributed by atoms with Gasteiger partial charge in [0.2, 0.25) is 0 Å². The van der Waals surface area contributed by atoms with Gasteiger partial charge in [-0.2, -0.15) is 0 Å². The van der Waals surface area contributed by atoms with E-state index in [4.69, 9.17) is 4.42 Å². The maximum atomic E-state index is 6.20. The molecule has 0 unspecified atom stereocenters. The largest absolute Gasteiger partial charge is 0.456 e. The van der Waals surface area contributed by atoms with Crippen molar-refractivity contribution in [3.8, 4) is 44.7 Å². The third kappa shape index (κ3) is 5.90. The molecule has 1 aromatic heterocycles. The smallest absolute Gasteiger partial charge is 0.135 e. The molecule has 54 heavy (non-hydrogen) atoms. The lowest BCUT2D eigenvalue weighted by Crippen LogP contribution is -2.09. The number of furan rings is 1. The summed E-state index contributed by atoms with van der Waals surface area (Å²) in [6.45, 7) is 0. The Labute approximate surface area is 314 Å². The summed E-state index contributed by atoms with van der Waals surface area (Å²) >= 11 is 0.